The molecule has 0 nitrogen and oxygen atoms in total. The van der Waals surface area contributed by atoms with Crippen molar-refractivity contribution >= 4 is 11.8 Å². The first-order valence-electron chi connectivity index (χ1n) is 6.08. The molecule has 1 heteroatoms. The standard InChI is InChI=1S/C13H26S/c1-3-5-7-9-11-13-14-12-10-8-6-4-2/h1-13H2. The molecule has 0 amide bonds. The van der Waals surface area contributed by atoms with Crippen LogP contribution in [0.5, 0.6) is 0 Å². The highest BCUT2D eigenvalue weighted by molar-refractivity contribution is 7.99. The second kappa shape index (κ2) is 13.4. The fourth-order valence-electron chi connectivity index (χ4n) is 1.39. The van der Waals surface area contributed by atoms with E-state index in [4.69, 9.17) is 0 Å². The normalized spacial score (nSPS) is 10.7. The quantitative estimate of drug-likeness (QED) is 0.441. The zero-order chi connectivity index (χ0) is 10.5. The van der Waals surface area contributed by atoms with Gasteiger partial charge in [0.05, 0.1) is 0 Å². The summed E-state index contributed by atoms with van der Waals surface area (Å²) in [6.07, 6.45) is 11.8. The van der Waals surface area contributed by atoms with E-state index in [0.29, 0.717) is 0 Å². The number of hydrogen-bond acceptors (Lipinski definition) is 1. The molecular weight excluding hydrogens is 188 g/mol. The molecule has 0 saturated heterocycles. The lowest BCUT2D eigenvalue weighted by molar-refractivity contribution is 0.676. The Bertz CT molecular complexity index is 79.2. The van der Waals surface area contributed by atoms with Gasteiger partial charge >= 0.3 is 0 Å². The third-order valence-electron chi connectivity index (χ3n) is 2.33. The van der Waals surface area contributed by atoms with E-state index in [1.807, 2.05) is 0 Å². The van der Waals surface area contributed by atoms with Crippen LogP contribution in [0.15, 0.2) is 0 Å². The van der Waals surface area contributed by atoms with E-state index in [-0.39, 0.29) is 0 Å². The molecule has 0 aromatic heterocycles. The average Bonchev–Trinajstić information content (AvgIpc) is 2.21. The Hall–Kier alpha value is 0.350. The summed E-state index contributed by atoms with van der Waals surface area (Å²) in [5.41, 5.74) is 0. The molecule has 0 aliphatic carbocycles. The summed E-state index contributed by atoms with van der Waals surface area (Å²) < 4.78 is 0. The van der Waals surface area contributed by atoms with E-state index in [1.165, 1.54) is 56.5 Å². The molecule has 0 rings (SSSR count). The Kier molecular flexibility index (Phi) is 13.7. The van der Waals surface area contributed by atoms with Crippen molar-refractivity contribution < 1.29 is 0 Å². The molecule has 2 radical (unpaired) electrons. The molecule has 0 saturated carbocycles. The summed E-state index contributed by atoms with van der Waals surface area (Å²) in [5.74, 6) is 2.72. The molecule has 0 aliphatic rings. The SMILES string of the molecule is [CH2]CCCCCCSCCCCC[CH2]. The molecule has 14 heavy (non-hydrogen) atoms. The van der Waals surface area contributed by atoms with Gasteiger partial charge in [-0.1, -0.05) is 58.8 Å². The van der Waals surface area contributed by atoms with Crippen molar-refractivity contribution in [3.8, 4) is 0 Å². The van der Waals surface area contributed by atoms with Gasteiger partial charge in [0.1, 0.15) is 0 Å². The largest absolute Gasteiger partial charge is 0.162 e. The summed E-state index contributed by atoms with van der Waals surface area (Å²) in [5, 5.41) is 0. The second-order valence-electron chi connectivity index (χ2n) is 3.79. The van der Waals surface area contributed by atoms with Crippen LogP contribution < -0.4 is 0 Å². The van der Waals surface area contributed by atoms with Gasteiger partial charge < -0.3 is 0 Å². The molecule has 0 unspecified atom stereocenters. The zero-order valence-corrected chi connectivity index (χ0v) is 10.4. The molecule has 84 valence electrons. The maximum absolute atomic E-state index is 3.85. The predicted molar refractivity (Wildman–Crippen MR) is 69.6 cm³/mol. The summed E-state index contributed by atoms with van der Waals surface area (Å²) in [4.78, 5) is 0. The van der Waals surface area contributed by atoms with Gasteiger partial charge in [0.25, 0.3) is 0 Å². The fourth-order valence-corrected chi connectivity index (χ4v) is 2.41. The lowest BCUT2D eigenvalue weighted by atomic mass is 10.2. The molecule has 0 aromatic carbocycles. The first-order valence-corrected chi connectivity index (χ1v) is 7.23. The summed E-state index contributed by atoms with van der Waals surface area (Å²) >= 11 is 2.13. The van der Waals surface area contributed by atoms with E-state index in [9.17, 15) is 0 Å². The van der Waals surface area contributed by atoms with Gasteiger partial charge in [-0.05, 0) is 24.3 Å². The lowest BCUT2D eigenvalue weighted by Crippen LogP contribution is -1.85. The van der Waals surface area contributed by atoms with Crippen LogP contribution >= 0.6 is 11.8 Å². The van der Waals surface area contributed by atoms with Crippen LogP contribution in [0.4, 0.5) is 0 Å². The smallest absolute Gasteiger partial charge is 0.00675 e. The van der Waals surface area contributed by atoms with Crippen molar-refractivity contribution in [1.29, 1.82) is 0 Å². The van der Waals surface area contributed by atoms with E-state index < -0.39 is 0 Å². The minimum Gasteiger partial charge on any atom is -0.162 e. The van der Waals surface area contributed by atoms with E-state index in [1.54, 1.807) is 0 Å². The monoisotopic (exact) mass is 214 g/mol. The maximum atomic E-state index is 3.85. The molecule has 0 atom stereocenters. The summed E-state index contributed by atoms with van der Waals surface area (Å²) in [6, 6.07) is 0. The minimum atomic E-state index is 1.11. The molecular formula is C13H26S. The first kappa shape index (κ1) is 14.3. The highest BCUT2D eigenvalue weighted by atomic mass is 32.2. The molecule has 0 fully saturated rings. The van der Waals surface area contributed by atoms with Crippen LogP contribution in [-0.4, -0.2) is 11.5 Å². The first-order chi connectivity index (χ1) is 6.91. The predicted octanol–water partition coefficient (Wildman–Crippen LogP) is 4.90. The highest BCUT2D eigenvalue weighted by Gasteiger charge is 1.91. The third kappa shape index (κ3) is 12.3. The topological polar surface area (TPSA) is 0 Å². The van der Waals surface area contributed by atoms with E-state index in [2.05, 4.69) is 25.6 Å². The molecule has 0 bridgehead atoms. The Morgan fingerprint density at radius 2 is 1.00 bits per heavy atom. The van der Waals surface area contributed by atoms with E-state index in [0.717, 1.165) is 12.8 Å². The van der Waals surface area contributed by atoms with Crippen molar-refractivity contribution in [2.45, 2.75) is 57.8 Å². The van der Waals surface area contributed by atoms with Crippen LogP contribution in [-0.2, 0) is 0 Å². The minimum absolute atomic E-state index is 1.11. The van der Waals surface area contributed by atoms with Gasteiger partial charge in [0, 0.05) is 0 Å². The van der Waals surface area contributed by atoms with E-state index >= 15 is 0 Å². The summed E-state index contributed by atoms with van der Waals surface area (Å²) in [6.45, 7) is 7.70. The Labute approximate surface area is 95.2 Å². The summed E-state index contributed by atoms with van der Waals surface area (Å²) in [7, 11) is 0. The average molecular weight is 214 g/mol. The van der Waals surface area contributed by atoms with Gasteiger partial charge in [0.2, 0.25) is 0 Å². The highest BCUT2D eigenvalue weighted by Crippen LogP contribution is 2.11. The number of rotatable bonds is 11. The van der Waals surface area contributed by atoms with Crippen LogP contribution in [0.25, 0.3) is 0 Å². The lowest BCUT2D eigenvalue weighted by Gasteiger charge is -2.01. The Balaban J connectivity index is 2.78. The molecule has 0 aliphatic heterocycles. The van der Waals surface area contributed by atoms with Crippen molar-refractivity contribution in [2.24, 2.45) is 0 Å². The molecule has 0 spiro atoms. The van der Waals surface area contributed by atoms with Crippen LogP contribution in [0, 0.1) is 13.8 Å². The van der Waals surface area contributed by atoms with Crippen LogP contribution in [0.3, 0.4) is 0 Å². The van der Waals surface area contributed by atoms with Crippen molar-refractivity contribution in [3.05, 3.63) is 13.8 Å². The second-order valence-corrected chi connectivity index (χ2v) is 5.02. The van der Waals surface area contributed by atoms with Crippen molar-refractivity contribution in [2.75, 3.05) is 11.5 Å². The molecule has 0 heterocycles. The van der Waals surface area contributed by atoms with Crippen molar-refractivity contribution in [1.82, 2.24) is 0 Å². The number of thioether (sulfide) groups is 1. The third-order valence-corrected chi connectivity index (χ3v) is 3.48. The molecule has 0 aromatic rings. The number of hydrogen-bond donors (Lipinski definition) is 0. The maximum Gasteiger partial charge on any atom is -0.00675 e. The van der Waals surface area contributed by atoms with Gasteiger partial charge in [-0.3, -0.25) is 0 Å². The Morgan fingerprint density at radius 3 is 1.50 bits per heavy atom. The van der Waals surface area contributed by atoms with Crippen molar-refractivity contribution in [3.63, 3.8) is 0 Å². The fraction of sp³-hybridized carbons (Fsp3) is 0.846. The van der Waals surface area contributed by atoms with Gasteiger partial charge in [-0.2, -0.15) is 11.8 Å². The molecule has 0 N–H and O–H groups in total. The van der Waals surface area contributed by atoms with Crippen LogP contribution in [0.1, 0.15) is 57.8 Å². The van der Waals surface area contributed by atoms with Gasteiger partial charge in [-0.15, -0.1) is 0 Å². The Morgan fingerprint density at radius 1 is 0.571 bits per heavy atom. The zero-order valence-electron chi connectivity index (χ0n) is 9.60. The van der Waals surface area contributed by atoms with Gasteiger partial charge in [0.15, 0.2) is 0 Å². The number of unbranched alkanes of at least 4 members (excludes halogenated alkanes) is 7. The van der Waals surface area contributed by atoms with Crippen LogP contribution in [0.2, 0.25) is 0 Å². The van der Waals surface area contributed by atoms with Gasteiger partial charge in [-0.25, -0.2) is 0 Å².